The van der Waals surface area contributed by atoms with Crippen LogP contribution in [0.25, 0.3) is 32.0 Å². The molecule has 1 aromatic carbocycles. The lowest BCUT2D eigenvalue weighted by Gasteiger charge is -2.22. The van der Waals surface area contributed by atoms with E-state index in [0.717, 1.165) is 55.3 Å². The maximum absolute atomic E-state index is 5.06. The summed E-state index contributed by atoms with van der Waals surface area (Å²) in [5.74, 6) is 1.81. The van der Waals surface area contributed by atoms with Gasteiger partial charge in [-0.25, -0.2) is 9.97 Å². The van der Waals surface area contributed by atoms with Crippen LogP contribution >= 0.6 is 11.3 Å². The molecule has 0 saturated carbocycles. The fraction of sp³-hybridized carbons (Fsp3) is 0.346. The molecule has 32 heavy (non-hydrogen) atoms. The SMILES string of the molecule is CC(C)(C)c1ccc(-c2cc3nc(-c4ccncc4)nc(N4CCCNCC4)c3s2)cc1. The molecule has 5 nitrogen and oxygen atoms in total. The molecule has 0 amide bonds. The molecule has 1 N–H and O–H groups in total. The third kappa shape index (κ3) is 4.25. The number of pyridine rings is 1. The number of fused-ring (bicyclic) bond motifs is 1. The number of nitrogens with one attached hydrogen (secondary N) is 1. The van der Waals surface area contributed by atoms with Crippen molar-refractivity contribution in [3.63, 3.8) is 0 Å². The van der Waals surface area contributed by atoms with Gasteiger partial charge in [0, 0.05) is 42.5 Å². The molecule has 1 fully saturated rings. The van der Waals surface area contributed by atoms with Gasteiger partial charge >= 0.3 is 0 Å². The summed E-state index contributed by atoms with van der Waals surface area (Å²) in [5.41, 5.74) is 4.74. The first kappa shape index (κ1) is 21.0. The van der Waals surface area contributed by atoms with Gasteiger partial charge in [-0.3, -0.25) is 4.98 Å². The summed E-state index contributed by atoms with van der Waals surface area (Å²) < 4.78 is 1.17. The molecule has 0 bridgehead atoms. The molecular formula is C26H29N5S. The highest BCUT2D eigenvalue weighted by Gasteiger charge is 2.20. The van der Waals surface area contributed by atoms with E-state index in [1.807, 2.05) is 12.1 Å². The number of hydrogen-bond donors (Lipinski definition) is 1. The van der Waals surface area contributed by atoms with Gasteiger partial charge in [0.2, 0.25) is 0 Å². The minimum absolute atomic E-state index is 0.150. The summed E-state index contributed by atoms with van der Waals surface area (Å²) in [6.07, 6.45) is 4.71. The summed E-state index contributed by atoms with van der Waals surface area (Å²) in [7, 11) is 0. The molecule has 0 aliphatic carbocycles. The number of rotatable bonds is 3. The van der Waals surface area contributed by atoms with Gasteiger partial charge in [0.05, 0.1) is 10.2 Å². The standard InChI is InChI=1S/C26H29N5S/c1-26(2,3)20-7-5-18(6-8-20)22-17-21-23(32-22)25(31-15-4-11-27-14-16-31)30-24(29-21)19-9-12-28-13-10-19/h5-10,12-13,17,27H,4,11,14-16H2,1-3H3. The second kappa shape index (κ2) is 8.60. The molecule has 1 aliphatic rings. The molecule has 0 radical (unpaired) electrons. The van der Waals surface area contributed by atoms with E-state index in [9.17, 15) is 0 Å². The third-order valence-corrected chi connectivity index (χ3v) is 7.14. The predicted molar refractivity (Wildman–Crippen MR) is 134 cm³/mol. The van der Waals surface area contributed by atoms with Crippen molar-refractivity contribution in [3.05, 3.63) is 60.4 Å². The molecule has 164 valence electrons. The van der Waals surface area contributed by atoms with Gasteiger partial charge in [-0.05, 0) is 47.7 Å². The van der Waals surface area contributed by atoms with Crippen LogP contribution in [0.4, 0.5) is 5.82 Å². The molecule has 0 atom stereocenters. The van der Waals surface area contributed by atoms with Crippen LogP contribution in [-0.2, 0) is 5.41 Å². The first-order valence-corrected chi connectivity index (χ1v) is 12.1. The Labute approximate surface area is 193 Å². The van der Waals surface area contributed by atoms with Crippen LogP contribution in [0.1, 0.15) is 32.8 Å². The lowest BCUT2D eigenvalue weighted by atomic mass is 9.86. The van der Waals surface area contributed by atoms with E-state index < -0.39 is 0 Å². The molecule has 4 heterocycles. The number of nitrogens with zero attached hydrogens (tertiary/aromatic N) is 4. The van der Waals surface area contributed by atoms with Crippen molar-refractivity contribution >= 4 is 27.4 Å². The van der Waals surface area contributed by atoms with Gasteiger partial charge in [-0.15, -0.1) is 11.3 Å². The Morgan fingerprint density at radius 2 is 1.69 bits per heavy atom. The van der Waals surface area contributed by atoms with E-state index in [-0.39, 0.29) is 5.41 Å². The average Bonchev–Trinajstić information content (AvgIpc) is 3.05. The molecule has 1 saturated heterocycles. The topological polar surface area (TPSA) is 53.9 Å². The van der Waals surface area contributed by atoms with E-state index in [4.69, 9.17) is 9.97 Å². The van der Waals surface area contributed by atoms with Crippen molar-refractivity contribution in [1.29, 1.82) is 0 Å². The largest absolute Gasteiger partial charge is 0.354 e. The van der Waals surface area contributed by atoms with Gasteiger partial charge in [0.25, 0.3) is 0 Å². The van der Waals surface area contributed by atoms with Gasteiger partial charge in [0.1, 0.15) is 0 Å². The van der Waals surface area contributed by atoms with Gasteiger partial charge < -0.3 is 10.2 Å². The normalized spacial score (nSPS) is 15.2. The maximum Gasteiger partial charge on any atom is 0.162 e. The van der Waals surface area contributed by atoms with E-state index in [0.29, 0.717) is 0 Å². The van der Waals surface area contributed by atoms with Crippen LogP contribution in [0.5, 0.6) is 0 Å². The lowest BCUT2D eigenvalue weighted by molar-refractivity contribution is 0.590. The van der Waals surface area contributed by atoms with Crippen molar-refractivity contribution in [2.75, 3.05) is 31.1 Å². The second-order valence-corrected chi connectivity index (χ2v) is 10.4. The Bertz CT molecular complexity index is 1200. The summed E-state index contributed by atoms with van der Waals surface area (Å²) in [4.78, 5) is 17.8. The van der Waals surface area contributed by atoms with Crippen LogP contribution in [0.2, 0.25) is 0 Å². The zero-order chi connectivity index (χ0) is 22.1. The first-order valence-electron chi connectivity index (χ1n) is 11.3. The second-order valence-electron chi connectivity index (χ2n) is 9.35. The van der Waals surface area contributed by atoms with Crippen LogP contribution in [0.3, 0.4) is 0 Å². The van der Waals surface area contributed by atoms with Gasteiger partial charge in [-0.2, -0.15) is 0 Å². The summed E-state index contributed by atoms with van der Waals surface area (Å²) in [6, 6.07) is 15.1. The van der Waals surface area contributed by atoms with Crippen LogP contribution in [-0.4, -0.2) is 41.1 Å². The van der Waals surface area contributed by atoms with Gasteiger partial charge in [-0.1, -0.05) is 45.0 Å². The van der Waals surface area contributed by atoms with E-state index >= 15 is 0 Å². The van der Waals surface area contributed by atoms with Crippen LogP contribution < -0.4 is 10.2 Å². The third-order valence-electron chi connectivity index (χ3n) is 5.97. The predicted octanol–water partition coefficient (Wildman–Crippen LogP) is 5.52. The fourth-order valence-electron chi connectivity index (χ4n) is 4.09. The van der Waals surface area contributed by atoms with Gasteiger partial charge in [0.15, 0.2) is 11.6 Å². The Morgan fingerprint density at radius 3 is 2.44 bits per heavy atom. The van der Waals surface area contributed by atoms with Crippen molar-refractivity contribution in [3.8, 4) is 21.8 Å². The molecule has 1 aliphatic heterocycles. The summed E-state index contributed by atoms with van der Waals surface area (Å²) in [5, 5.41) is 3.50. The van der Waals surface area contributed by atoms with Crippen LogP contribution in [0.15, 0.2) is 54.9 Å². The molecule has 0 unspecified atom stereocenters. The smallest absolute Gasteiger partial charge is 0.162 e. The number of aromatic nitrogens is 3. The monoisotopic (exact) mass is 443 g/mol. The van der Waals surface area contributed by atoms with Crippen molar-refractivity contribution < 1.29 is 0 Å². The van der Waals surface area contributed by atoms with Crippen molar-refractivity contribution in [1.82, 2.24) is 20.3 Å². The summed E-state index contributed by atoms with van der Waals surface area (Å²) >= 11 is 1.80. The number of anilines is 1. The van der Waals surface area contributed by atoms with E-state index in [2.05, 4.69) is 66.3 Å². The number of thiophene rings is 1. The van der Waals surface area contributed by atoms with Crippen molar-refractivity contribution in [2.24, 2.45) is 0 Å². The highest BCUT2D eigenvalue weighted by molar-refractivity contribution is 7.22. The fourth-order valence-corrected chi connectivity index (χ4v) is 5.21. The Balaban J connectivity index is 1.62. The molecule has 3 aromatic heterocycles. The highest BCUT2D eigenvalue weighted by atomic mass is 32.1. The molecule has 5 rings (SSSR count). The zero-order valence-corrected chi connectivity index (χ0v) is 19.7. The molecule has 0 spiro atoms. The Kier molecular flexibility index (Phi) is 5.66. The number of hydrogen-bond acceptors (Lipinski definition) is 6. The van der Waals surface area contributed by atoms with Crippen LogP contribution in [0, 0.1) is 0 Å². The quantitative estimate of drug-likeness (QED) is 0.452. The Hall–Kier alpha value is -2.83. The van der Waals surface area contributed by atoms with E-state index in [1.54, 1.807) is 23.7 Å². The Morgan fingerprint density at radius 1 is 0.906 bits per heavy atom. The highest BCUT2D eigenvalue weighted by Crippen LogP contribution is 2.39. The van der Waals surface area contributed by atoms with Crippen molar-refractivity contribution in [2.45, 2.75) is 32.6 Å². The lowest BCUT2D eigenvalue weighted by Crippen LogP contribution is -2.28. The van der Waals surface area contributed by atoms with E-state index in [1.165, 1.54) is 20.7 Å². The number of benzene rings is 1. The molecular weight excluding hydrogens is 414 g/mol. The maximum atomic E-state index is 5.06. The minimum Gasteiger partial charge on any atom is -0.354 e. The molecule has 6 heteroatoms. The summed E-state index contributed by atoms with van der Waals surface area (Å²) in [6.45, 7) is 10.7. The first-order chi connectivity index (χ1) is 15.5. The average molecular weight is 444 g/mol. The molecule has 4 aromatic rings. The zero-order valence-electron chi connectivity index (χ0n) is 18.9. The minimum atomic E-state index is 0.150.